The molecule has 0 amide bonds. The highest BCUT2D eigenvalue weighted by molar-refractivity contribution is 7.85. The fourth-order valence-corrected chi connectivity index (χ4v) is 3.71. The quantitative estimate of drug-likeness (QED) is 0.812. The van der Waals surface area contributed by atoms with E-state index in [1.165, 1.54) is 31.5 Å². The van der Waals surface area contributed by atoms with Crippen molar-refractivity contribution in [2.24, 2.45) is 5.92 Å². The second-order valence-electron chi connectivity index (χ2n) is 6.70. The summed E-state index contributed by atoms with van der Waals surface area (Å²) in [5.74, 6) is 1.78. The minimum atomic E-state index is -4.02. The summed E-state index contributed by atoms with van der Waals surface area (Å²) >= 11 is 0. The van der Waals surface area contributed by atoms with Crippen molar-refractivity contribution >= 4 is 10.1 Å². The third-order valence-corrected chi connectivity index (χ3v) is 5.46. The molecule has 3 heterocycles. The first-order valence-corrected chi connectivity index (χ1v) is 9.62. The first-order chi connectivity index (χ1) is 11.9. The van der Waals surface area contributed by atoms with Crippen LogP contribution in [0.4, 0.5) is 0 Å². The van der Waals surface area contributed by atoms with E-state index in [1.807, 2.05) is 19.1 Å². The minimum Gasteiger partial charge on any atom is -0.490 e. The fourth-order valence-electron chi connectivity index (χ4n) is 3.23. The molecule has 3 aliphatic rings. The van der Waals surface area contributed by atoms with Crippen LogP contribution in [0.3, 0.4) is 0 Å². The lowest BCUT2D eigenvalue weighted by Crippen LogP contribution is -2.48. The summed E-state index contributed by atoms with van der Waals surface area (Å²) in [7, 11) is -4.02. The van der Waals surface area contributed by atoms with Crippen LogP contribution in [-0.4, -0.2) is 36.6 Å². The molecule has 25 heavy (non-hydrogen) atoms. The Hall–Kier alpha value is -1.96. The molecule has 2 aromatic rings. The molecule has 0 atom stereocenters. The Labute approximate surface area is 148 Å². The van der Waals surface area contributed by atoms with Gasteiger partial charge in [0.25, 0.3) is 10.1 Å². The third-order valence-electron chi connectivity index (χ3n) is 4.59. The van der Waals surface area contributed by atoms with Crippen molar-refractivity contribution in [3.63, 3.8) is 0 Å². The van der Waals surface area contributed by atoms with Gasteiger partial charge < -0.3 is 10.1 Å². The number of ether oxygens (including phenoxy) is 1. The van der Waals surface area contributed by atoms with Gasteiger partial charge in [-0.2, -0.15) is 8.42 Å². The number of fused-ring (bicyclic) bond motifs is 1. The van der Waals surface area contributed by atoms with Crippen LogP contribution in [-0.2, 0) is 10.1 Å². The molecule has 1 aromatic carbocycles. The normalized spacial score (nSPS) is 24.0. The van der Waals surface area contributed by atoms with Crippen LogP contribution in [0.15, 0.2) is 53.7 Å². The smallest absolute Gasteiger partial charge is 0.294 e. The van der Waals surface area contributed by atoms with Crippen molar-refractivity contribution in [2.75, 3.05) is 13.2 Å². The van der Waals surface area contributed by atoms with Crippen molar-refractivity contribution in [1.82, 2.24) is 10.3 Å². The lowest BCUT2D eigenvalue weighted by atomic mass is 9.74. The number of hydrogen-bond donors (Lipinski definition) is 2. The summed E-state index contributed by atoms with van der Waals surface area (Å²) < 4.78 is 35.3. The van der Waals surface area contributed by atoms with E-state index in [9.17, 15) is 8.42 Å². The molecular weight excluding hydrogens is 340 g/mol. The maximum atomic E-state index is 10.5. The molecule has 2 bridgehead atoms. The Kier molecular flexibility index (Phi) is 5.08. The van der Waals surface area contributed by atoms with Gasteiger partial charge in [0, 0.05) is 6.20 Å². The Morgan fingerprint density at radius 3 is 2.52 bits per heavy atom. The topological polar surface area (TPSA) is 88.5 Å². The summed E-state index contributed by atoms with van der Waals surface area (Å²) in [6, 6.07) is 9.84. The second kappa shape index (κ2) is 7.11. The Balaban J connectivity index is 0.000000151. The zero-order valence-corrected chi connectivity index (χ0v) is 14.9. The SMILES string of the molecule is Cc1ccc(S(=O)(=O)O)cc1.c1cncc(OCC23CC(CN2)C3)c1. The molecule has 2 aliphatic heterocycles. The molecule has 2 saturated heterocycles. The van der Waals surface area contributed by atoms with E-state index in [-0.39, 0.29) is 4.90 Å². The molecule has 7 heteroatoms. The Morgan fingerprint density at radius 1 is 1.28 bits per heavy atom. The first-order valence-electron chi connectivity index (χ1n) is 8.18. The minimum absolute atomic E-state index is 0.0666. The van der Waals surface area contributed by atoms with E-state index in [0.29, 0.717) is 5.54 Å². The molecule has 1 saturated carbocycles. The zero-order chi connectivity index (χ0) is 17.9. The molecule has 3 fully saturated rings. The standard InChI is InChI=1S/C11H14N2O.C7H8O3S/c1-2-10(7-12-3-1)14-8-11-4-9(5-11)6-13-11;1-6-2-4-7(5-3-6)11(8,9)10/h1-3,7,9,13H,4-6,8H2;2-5H,1H3,(H,8,9,10). The highest BCUT2D eigenvalue weighted by Crippen LogP contribution is 2.43. The zero-order valence-electron chi connectivity index (χ0n) is 14.1. The van der Waals surface area contributed by atoms with Gasteiger partial charge in [0.2, 0.25) is 0 Å². The molecule has 2 N–H and O–H groups in total. The highest BCUT2D eigenvalue weighted by Gasteiger charge is 2.50. The largest absolute Gasteiger partial charge is 0.490 e. The highest BCUT2D eigenvalue weighted by atomic mass is 32.2. The van der Waals surface area contributed by atoms with E-state index >= 15 is 0 Å². The summed E-state index contributed by atoms with van der Waals surface area (Å²) in [5, 5.41) is 3.53. The van der Waals surface area contributed by atoms with Crippen LogP contribution in [0.5, 0.6) is 5.75 Å². The van der Waals surface area contributed by atoms with E-state index in [4.69, 9.17) is 9.29 Å². The van der Waals surface area contributed by atoms with Crippen LogP contribution in [0.25, 0.3) is 0 Å². The predicted octanol–water partition coefficient (Wildman–Crippen LogP) is 2.45. The van der Waals surface area contributed by atoms with E-state index < -0.39 is 10.1 Å². The molecule has 1 aromatic heterocycles. The maximum Gasteiger partial charge on any atom is 0.294 e. The Morgan fingerprint density at radius 2 is 2.00 bits per heavy atom. The van der Waals surface area contributed by atoms with Crippen LogP contribution < -0.4 is 10.1 Å². The van der Waals surface area contributed by atoms with Crippen LogP contribution in [0.2, 0.25) is 0 Å². The number of pyridine rings is 1. The van der Waals surface area contributed by atoms with Gasteiger partial charge >= 0.3 is 0 Å². The van der Waals surface area contributed by atoms with Crippen molar-refractivity contribution < 1.29 is 17.7 Å². The van der Waals surface area contributed by atoms with E-state index in [2.05, 4.69) is 10.3 Å². The monoisotopic (exact) mass is 362 g/mol. The van der Waals surface area contributed by atoms with Crippen LogP contribution in [0, 0.1) is 12.8 Å². The maximum absolute atomic E-state index is 10.5. The Bertz CT molecular complexity index is 795. The van der Waals surface area contributed by atoms with E-state index in [1.54, 1.807) is 24.5 Å². The van der Waals surface area contributed by atoms with Gasteiger partial charge in [-0.05, 0) is 56.5 Å². The predicted molar refractivity (Wildman–Crippen MR) is 94.2 cm³/mol. The van der Waals surface area contributed by atoms with Crippen molar-refractivity contribution in [1.29, 1.82) is 0 Å². The number of aromatic nitrogens is 1. The lowest BCUT2D eigenvalue weighted by Gasteiger charge is -2.37. The molecule has 0 spiro atoms. The lowest BCUT2D eigenvalue weighted by molar-refractivity contribution is 0.130. The second-order valence-corrected chi connectivity index (χ2v) is 8.12. The molecule has 134 valence electrons. The van der Waals surface area contributed by atoms with Gasteiger partial charge in [-0.25, -0.2) is 0 Å². The summed E-state index contributed by atoms with van der Waals surface area (Å²) in [4.78, 5) is 3.95. The number of nitrogens with one attached hydrogen (secondary N) is 1. The average molecular weight is 362 g/mol. The molecule has 6 nitrogen and oxygen atoms in total. The van der Waals surface area contributed by atoms with Gasteiger partial charge in [-0.1, -0.05) is 17.7 Å². The third kappa shape index (κ3) is 4.56. The molecule has 5 rings (SSSR count). The molecule has 1 aliphatic carbocycles. The van der Waals surface area contributed by atoms with Crippen molar-refractivity contribution in [3.05, 3.63) is 54.4 Å². The number of nitrogens with zero attached hydrogens (tertiary/aromatic N) is 1. The fraction of sp³-hybridized carbons (Fsp3) is 0.389. The van der Waals surface area contributed by atoms with E-state index in [0.717, 1.165) is 23.8 Å². The van der Waals surface area contributed by atoms with Crippen LogP contribution >= 0.6 is 0 Å². The van der Waals surface area contributed by atoms with Gasteiger partial charge in [-0.3, -0.25) is 9.54 Å². The number of benzene rings is 1. The summed E-state index contributed by atoms with van der Waals surface area (Å²) in [6.07, 6.45) is 6.10. The first kappa shape index (κ1) is 17.8. The van der Waals surface area contributed by atoms with Crippen molar-refractivity contribution in [2.45, 2.75) is 30.2 Å². The van der Waals surface area contributed by atoms with Gasteiger partial charge in [-0.15, -0.1) is 0 Å². The number of rotatable bonds is 4. The number of aryl methyl sites for hydroxylation is 1. The molecular formula is C18H22N2O4S. The van der Waals surface area contributed by atoms with Gasteiger partial charge in [0.05, 0.1) is 16.6 Å². The average Bonchev–Trinajstić information content (AvgIpc) is 3.15. The van der Waals surface area contributed by atoms with Gasteiger partial charge in [0.15, 0.2) is 0 Å². The molecule has 0 radical (unpaired) electrons. The number of hydrogen-bond acceptors (Lipinski definition) is 5. The van der Waals surface area contributed by atoms with Crippen LogP contribution in [0.1, 0.15) is 18.4 Å². The van der Waals surface area contributed by atoms with Crippen molar-refractivity contribution in [3.8, 4) is 5.75 Å². The summed E-state index contributed by atoms with van der Waals surface area (Å²) in [6.45, 7) is 3.80. The van der Waals surface area contributed by atoms with Gasteiger partial charge in [0.1, 0.15) is 12.4 Å². The summed E-state index contributed by atoms with van der Waals surface area (Å²) in [5.41, 5.74) is 1.25. The molecule has 0 unspecified atom stereocenters.